The van der Waals surface area contributed by atoms with E-state index in [9.17, 15) is 9.59 Å². The van der Waals surface area contributed by atoms with E-state index >= 15 is 0 Å². The minimum absolute atomic E-state index is 0.107. The van der Waals surface area contributed by atoms with Crippen LogP contribution in [0.25, 0.3) is 11.0 Å². The number of imidazole rings is 1. The van der Waals surface area contributed by atoms with E-state index in [2.05, 4.69) is 34.6 Å². The van der Waals surface area contributed by atoms with Crippen molar-refractivity contribution in [3.05, 3.63) is 69.6 Å². The van der Waals surface area contributed by atoms with E-state index in [1.165, 1.54) is 30.4 Å². The van der Waals surface area contributed by atoms with E-state index in [1.54, 1.807) is 12.1 Å². The van der Waals surface area contributed by atoms with Crippen molar-refractivity contribution in [2.75, 3.05) is 0 Å². The predicted molar refractivity (Wildman–Crippen MR) is 118 cm³/mol. The first-order valence-corrected chi connectivity index (χ1v) is 11.0. The van der Waals surface area contributed by atoms with Crippen LogP contribution in [0.1, 0.15) is 72.1 Å². The fourth-order valence-corrected chi connectivity index (χ4v) is 5.36. The smallest absolute Gasteiger partial charge is 0.326 e. The molecule has 6 heteroatoms. The molecule has 3 aromatic rings. The summed E-state index contributed by atoms with van der Waals surface area (Å²) >= 11 is 0. The molecule has 1 unspecified atom stereocenters. The molecular weight excluding hydrogens is 376 g/mol. The zero-order chi connectivity index (χ0) is 20.7. The first-order chi connectivity index (χ1) is 14.6. The summed E-state index contributed by atoms with van der Waals surface area (Å²) in [5.74, 6) is -0.485. The average molecular weight is 405 g/mol. The van der Waals surface area contributed by atoms with Crippen LogP contribution < -0.4 is 16.7 Å². The van der Waals surface area contributed by atoms with Gasteiger partial charge in [0.15, 0.2) is 0 Å². The lowest BCUT2D eigenvalue weighted by Gasteiger charge is -2.35. The normalized spacial score (nSPS) is 23.9. The molecule has 2 aromatic carbocycles. The summed E-state index contributed by atoms with van der Waals surface area (Å²) in [6.07, 6.45) is 7.67. The Labute approximate surface area is 175 Å². The van der Waals surface area contributed by atoms with E-state index in [-0.39, 0.29) is 11.7 Å². The summed E-state index contributed by atoms with van der Waals surface area (Å²) in [5.41, 5.74) is 10.1. The Morgan fingerprint density at radius 2 is 1.87 bits per heavy atom. The topological polar surface area (TPSA) is 92.9 Å². The van der Waals surface area contributed by atoms with Crippen LogP contribution in [0.2, 0.25) is 0 Å². The molecule has 0 spiro atoms. The Hall–Kier alpha value is -2.86. The number of hydrogen-bond donors (Lipinski definition) is 3. The highest BCUT2D eigenvalue weighted by molar-refractivity contribution is 5.96. The van der Waals surface area contributed by atoms with Gasteiger partial charge < -0.3 is 16.0 Å². The summed E-state index contributed by atoms with van der Waals surface area (Å²) in [7, 11) is 0. The number of aromatic amines is 1. The molecule has 2 aliphatic rings. The molecule has 0 saturated heterocycles. The van der Waals surface area contributed by atoms with E-state index < -0.39 is 5.91 Å². The third-order valence-electron chi connectivity index (χ3n) is 6.87. The van der Waals surface area contributed by atoms with Crippen LogP contribution in [0.4, 0.5) is 0 Å². The largest absolute Gasteiger partial charge is 0.366 e. The number of H-pyrrole nitrogens is 1. The van der Waals surface area contributed by atoms with Gasteiger partial charge in [-0.25, -0.2) is 4.79 Å². The molecule has 6 nitrogen and oxygen atoms in total. The van der Waals surface area contributed by atoms with E-state index in [0.717, 1.165) is 31.2 Å². The van der Waals surface area contributed by atoms with Gasteiger partial charge in [0.2, 0.25) is 5.91 Å². The molecule has 1 aromatic heterocycles. The summed E-state index contributed by atoms with van der Waals surface area (Å²) in [6, 6.07) is 15.1. The summed E-state index contributed by atoms with van der Waals surface area (Å²) in [6.45, 7) is 0. The Kier molecular flexibility index (Phi) is 4.95. The number of primary amides is 1. The van der Waals surface area contributed by atoms with E-state index in [1.807, 2.05) is 10.6 Å². The highest BCUT2D eigenvalue weighted by Gasteiger charge is 2.28. The third kappa shape index (κ3) is 3.45. The number of aryl methyl sites for hydroxylation is 1. The number of carbonyl (C=O) groups is 1. The summed E-state index contributed by atoms with van der Waals surface area (Å²) in [4.78, 5) is 27.0. The minimum Gasteiger partial charge on any atom is -0.366 e. The van der Waals surface area contributed by atoms with Gasteiger partial charge in [0.05, 0.1) is 11.0 Å². The van der Waals surface area contributed by atoms with Gasteiger partial charge in [0.25, 0.3) is 0 Å². The Balaban J connectivity index is 1.29. The maximum atomic E-state index is 12.6. The Morgan fingerprint density at radius 1 is 1.07 bits per heavy atom. The average Bonchev–Trinajstić information content (AvgIpc) is 3.09. The number of amides is 1. The fourth-order valence-electron chi connectivity index (χ4n) is 5.36. The predicted octanol–water partition coefficient (Wildman–Crippen LogP) is 3.58. The first-order valence-electron chi connectivity index (χ1n) is 11.0. The van der Waals surface area contributed by atoms with Gasteiger partial charge in [0.1, 0.15) is 0 Å². The van der Waals surface area contributed by atoms with Crippen molar-refractivity contribution in [3.63, 3.8) is 0 Å². The highest BCUT2D eigenvalue weighted by Crippen LogP contribution is 2.34. The molecule has 0 bridgehead atoms. The molecule has 0 aliphatic heterocycles. The van der Waals surface area contributed by atoms with Crippen molar-refractivity contribution in [1.29, 1.82) is 0 Å². The molecule has 2 aliphatic carbocycles. The molecule has 156 valence electrons. The van der Waals surface area contributed by atoms with Crippen LogP contribution >= 0.6 is 0 Å². The molecular formula is C24H28N4O2. The van der Waals surface area contributed by atoms with Crippen LogP contribution in [0, 0.1) is 0 Å². The second-order valence-electron chi connectivity index (χ2n) is 8.71. The highest BCUT2D eigenvalue weighted by atomic mass is 16.1. The second kappa shape index (κ2) is 7.76. The van der Waals surface area contributed by atoms with Crippen molar-refractivity contribution < 1.29 is 4.79 Å². The lowest BCUT2D eigenvalue weighted by atomic mass is 9.85. The van der Waals surface area contributed by atoms with Gasteiger partial charge in [-0.2, -0.15) is 0 Å². The lowest BCUT2D eigenvalue weighted by Crippen LogP contribution is -2.38. The molecule has 1 amide bonds. The molecule has 1 fully saturated rings. The van der Waals surface area contributed by atoms with Crippen LogP contribution in [-0.2, 0) is 6.42 Å². The van der Waals surface area contributed by atoms with Gasteiger partial charge in [-0.3, -0.25) is 9.36 Å². The maximum Gasteiger partial charge on any atom is 0.326 e. The van der Waals surface area contributed by atoms with Crippen molar-refractivity contribution in [3.8, 4) is 0 Å². The molecule has 5 rings (SSSR count). The van der Waals surface area contributed by atoms with Crippen LogP contribution in [0.15, 0.2) is 47.3 Å². The number of carbonyl (C=O) groups excluding carboxylic acids is 1. The lowest BCUT2D eigenvalue weighted by molar-refractivity contribution is 0.100. The minimum atomic E-state index is -0.485. The number of fused-ring (bicyclic) bond motifs is 2. The van der Waals surface area contributed by atoms with Crippen molar-refractivity contribution in [1.82, 2.24) is 14.9 Å². The van der Waals surface area contributed by atoms with Gasteiger partial charge in [-0.1, -0.05) is 24.3 Å². The molecule has 4 N–H and O–H groups in total. The maximum absolute atomic E-state index is 12.6. The molecule has 1 heterocycles. The zero-order valence-corrected chi connectivity index (χ0v) is 17.1. The van der Waals surface area contributed by atoms with Gasteiger partial charge >= 0.3 is 5.69 Å². The number of rotatable bonds is 4. The quantitative estimate of drug-likeness (QED) is 0.620. The Morgan fingerprint density at radius 3 is 2.67 bits per heavy atom. The zero-order valence-electron chi connectivity index (χ0n) is 17.1. The SMILES string of the molecule is NC(=O)c1ccc2c(c1)[nH]c(=O)n2C1CCC(NC2CCCc3ccccc32)CC1. The fraction of sp³-hybridized carbons (Fsp3) is 0.417. The number of nitrogens with one attached hydrogen (secondary N) is 2. The van der Waals surface area contributed by atoms with Crippen molar-refractivity contribution >= 4 is 16.9 Å². The molecule has 1 atom stereocenters. The monoisotopic (exact) mass is 404 g/mol. The van der Waals surface area contributed by atoms with Crippen molar-refractivity contribution in [2.24, 2.45) is 5.73 Å². The summed E-state index contributed by atoms with van der Waals surface area (Å²) in [5, 5.41) is 3.90. The number of hydrogen-bond acceptors (Lipinski definition) is 3. The molecule has 1 saturated carbocycles. The number of aromatic nitrogens is 2. The van der Waals surface area contributed by atoms with Crippen LogP contribution in [0.3, 0.4) is 0 Å². The van der Waals surface area contributed by atoms with Gasteiger partial charge in [-0.15, -0.1) is 0 Å². The van der Waals surface area contributed by atoms with E-state index in [0.29, 0.717) is 23.2 Å². The van der Waals surface area contributed by atoms with E-state index in [4.69, 9.17) is 5.73 Å². The Bertz CT molecular complexity index is 1140. The van der Waals surface area contributed by atoms with Crippen molar-refractivity contribution in [2.45, 2.75) is 63.1 Å². The van der Waals surface area contributed by atoms with Gasteiger partial charge in [0, 0.05) is 23.7 Å². The number of nitrogens with zero attached hydrogens (tertiary/aromatic N) is 1. The third-order valence-corrected chi connectivity index (χ3v) is 6.87. The molecule has 0 radical (unpaired) electrons. The number of nitrogens with two attached hydrogens (primary N) is 1. The molecule has 30 heavy (non-hydrogen) atoms. The second-order valence-corrected chi connectivity index (χ2v) is 8.71. The summed E-state index contributed by atoms with van der Waals surface area (Å²) < 4.78 is 1.87. The first kappa shape index (κ1) is 19.1. The van der Waals surface area contributed by atoms with Crippen LogP contribution in [0.5, 0.6) is 0 Å². The standard InChI is InChI=1S/C24H28N4O2/c25-23(29)16-8-13-22-21(14-16)27-24(30)28(22)18-11-9-17(10-12-18)26-20-7-3-5-15-4-1-2-6-19(15)20/h1-2,4,6,8,13-14,17-18,20,26H,3,5,7,9-12H2,(H2,25,29)(H,27,30). The number of benzene rings is 2. The van der Waals surface area contributed by atoms with Gasteiger partial charge in [-0.05, 0) is 74.3 Å². The van der Waals surface area contributed by atoms with Crippen LogP contribution in [-0.4, -0.2) is 21.5 Å².